The number of benzene rings is 2. The molecule has 0 bridgehead atoms. The summed E-state index contributed by atoms with van der Waals surface area (Å²) in [5.41, 5.74) is 1.79. The van der Waals surface area contributed by atoms with Crippen LogP contribution in [0.4, 0.5) is 0 Å². The number of rotatable bonds is 5. The van der Waals surface area contributed by atoms with Crippen LogP contribution in [0.1, 0.15) is 23.1 Å². The van der Waals surface area contributed by atoms with Crippen LogP contribution in [0, 0.1) is 13.8 Å². The maximum atomic E-state index is 11.7. The molecule has 0 aliphatic rings. The lowest BCUT2D eigenvalue weighted by atomic mass is 10.1. The lowest BCUT2D eigenvalue weighted by Crippen LogP contribution is -2.18. The van der Waals surface area contributed by atoms with E-state index in [4.69, 9.17) is 20.8 Å². The number of halogens is 1. The molecule has 0 saturated heterocycles. The van der Waals surface area contributed by atoms with Crippen molar-refractivity contribution >= 4 is 17.6 Å². The number of aliphatic carboxylic acids is 1. The molecule has 25 heavy (non-hydrogen) atoms. The van der Waals surface area contributed by atoms with Gasteiger partial charge < -0.3 is 14.3 Å². The smallest absolute Gasteiger partial charge is 0.349 e. The first-order valence-electron chi connectivity index (χ1n) is 7.64. The molecular weight excluding hydrogens is 342 g/mol. The van der Waals surface area contributed by atoms with E-state index < -0.39 is 12.1 Å². The highest BCUT2D eigenvalue weighted by atomic mass is 35.5. The van der Waals surface area contributed by atoms with Gasteiger partial charge in [-0.2, -0.15) is 0 Å². The molecule has 1 heterocycles. The predicted molar refractivity (Wildman–Crippen MR) is 93.9 cm³/mol. The van der Waals surface area contributed by atoms with Gasteiger partial charge in [0.25, 0.3) is 0 Å². The highest BCUT2D eigenvalue weighted by molar-refractivity contribution is 6.30. The largest absolute Gasteiger partial charge is 0.478 e. The molecule has 1 unspecified atom stereocenters. The van der Waals surface area contributed by atoms with Crippen molar-refractivity contribution in [2.45, 2.75) is 20.0 Å². The SMILES string of the molecule is Cc1nc(-c2cc(Cl)ccc2OC(C(=O)O)c2ccccc2)oc1C. The molecule has 3 aromatic rings. The molecule has 0 aliphatic carbocycles. The van der Waals surface area contributed by atoms with Crippen molar-refractivity contribution in [2.24, 2.45) is 0 Å². The minimum absolute atomic E-state index is 0.335. The molecule has 2 aromatic carbocycles. The highest BCUT2D eigenvalue weighted by Crippen LogP contribution is 2.35. The van der Waals surface area contributed by atoms with E-state index in [-0.39, 0.29) is 0 Å². The molecule has 1 N–H and O–H groups in total. The zero-order valence-corrected chi connectivity index (χ0v) is 14.4. The number of hydrogen-bond donors (Lipinski definition) is 1. The Morgan fingerprint density at radius 1 is 1.20 bits per heavy atom. The van der Waals surface area contributed by atoms with Gasteiger partial charge in [0.2, 0.25) is 12.0 Å². The number of hydrogen-bond acceptors (Lipinski definition) is 4. The molecule has 1 atom stereocenters. The Morgan fingerprint density at radius 3 is 2.52 bits per heavy atom. The van der Waals surface area contributed by atoms with Gasteiger partial charge >= 0.3 is 5.97 Å². The first-order chi connectivity index (χ1) is 12.0. The zero-order chi connectivity index (χ0) is 18.0. The molecule has 0 radical (unpaired) electrons. The van der Waals surface area contributed by atoms with Gasteiger partial charge in [0, 0.05) is 10.6 Å². The summed E-state index contributed by atoms with van der Waals surface area (Å²) in [5, 5.41) is 10.0. The number of aromatic nitrogens is 1. The number of nitrogens with zero attached hydrogens (tertiary/aromatic N) is 1. The number of oxazole rings is 1. The summed E-state index contributed by atoms with van der Waals surface area (Å²) in [7, 11) is 0. The van der Waals surface area contributed by atoms with Crippen LogP contribution in [-0.4, -0.2) is 16.1 Å². The monoisotopic (exact) mass is 357 g/mol. The van der Waals surface area contributed by atoms with E-state index >= 15 is 0 Å². The molecule has 0 saturated carbocycles. The number of carbonyl (C=O) groups is 1. The molecular formula is C19H16ClNO4. The van der Waals surface area contributed by atoms with Gasteiger partial charge in [0.1, 0.15) is 11.5 Å². The van der Waals surface area contributed by atoms with Crippen LogP contribution >= 0.6 is 11.6 Å². The van der Waals surface area contributed by atoms with Crippen molar-refractivity contribution in [2.75, 3.05) is 0 Å². The molecule has 5 nitrogen and oxygen atoms in total. The highest BCUT2D eigenvalue weighted by Gasteiger charge is 2.24. The molecule has 0 fully saturated rings. The number of ether oxygens (including phenoxy) is 1. The van der Waals surface area contributed by atoms with Gasteiger partial charge in [-0.05, 0) is 32.0 Å². The standard InChI is InChI=1S/C19H16ClNO4/c1-11-12(2)24-18(21-11)15-10-14(20)8-9-16(15)25-17(19(22)23)13-6-4-3-5-7-13/h3-10,17H,1-2H3,(H,22,23). The van der Waals surface area contributed by atoms with Gasteiger partial charge in [-0.3, -0.25) is 0 Å². The van der Waals surface area contributed by atoms with Crippen molar-refractivity contribution < 1.29 is 19.1 Å². The quantitative estimate of drug-likeness (QED) is 0.708. The van der Waals surface area contributed by atoms with Crippen LogP contribution in [0.2, 0.25) is 5.02 Å². The number of aryl methyl sites for hydroxylation is 2. The van der Waals surface area contributed by atoms with Crippen molar-refractivity contribution in [3.05, 3.63) is 70.6 Å². The van der Waals surface area contributed by atoms with Crippen molar-refractivity contribution in [1.29, 1.82) is 0 Å². The Hall–Kier alpha value is -2.79. The summed E-state index contributed by atoms with van der Waals surface area (Å²) >= 11 is 6.09. The summed E-state index contributed by atoms with van der Waals surface area (Å²) in [5.74, 6) is 0.261. The summed E-state index contributed by atoms with van der Waals surface area (Å²) < 4.78 is 11.4. The second-order valence-electron chi connectivity index (χ2n) is 5.55. The molecule has 0 spiro atoms. The van der Waals surface area contributed by atoms with E-state index in [0.717, 1.165) is 5.69 Å². The van der Waals surface area contributed by atoms with Crippen LogP contribution in [-0.2, 0) is 4.79 Å². The Balaban J connectivity index is 2.03. The maximum Gasteiger partial charge on any atom is 0.349 e. The fourth-order valence-electron chi connectivity index (χ4n) is 2.38. The Morgan fingerprint density at radius 2 is 1.92 bits per heavy atom. The average Bonchev–Trinajstić information content (AvgIpc) is 2.93. The van der Waals surface area contributed by atoms with Crippen molar-refractivity contribution in [3.8, 4) is 17.2 Å². The number of carboxylic acids is 1. The Kier molecular flexibility index (Phi) is 4.76. The molecule has 0 amide bonds. The van der Waals surface area contributed by atoms with E-state index in [1.165, 1.54) is 0 Å². The maximum absolute atomic E-state index is 11.7. The summed E-state index contributed by atoms with van der Waals surface area (Å²) in [4.78, 5) is 16.0. The van der Waals surface area contributed by atoms with Crippen molar-refractivity contribution in [3.63, 3.8) is 0 Å². The third-order valence-electron chi connectivity index (χ3n) is 3.77. The van der Waals surface area contributed by atoms with Gasteiger partial charge in [-0.1, -0.05) is 41.9 Å². The first-order valence-corrected chi connectivity index (χ1v) is 8.02. The van der Waals surface area contributed by atoms with Crippen molar-refractivity contribution in [1.82, 2.24) is 4.98 Å². The van der Waals surface area contributed by atoms with Gasteiger partial charge in [-0.25, -0.2) is 9.78 Å². The van der Waals surface area contributed by atoms with E-state index in [1.54, 1.807) is 49.4 Å². The van der Waals surface area contributed by atoms with Crippen LogP contribution in [0.25, 0.3) is 11.5 Å². The summed E-state index contributed by atoms with van der Waals surface area (Å²) in [6.45, 7) is 3.64. The van der Waals surface area contributed by atoms with E-state index in [2.05, 4.69) is 4.98 Å². The number of carboxylic acid groups (broad SMARTS) is 1. The molecule has 1 aromatic heterocycles. The minimum Gasteiger partial charge on any atom is -0.478 e. The molecule has 128 valence electrons. The van der Waals surface area contributed by atoms with Gasteiger partial charge in [0.15, 0.2) is 0 Å². The van der Waals surface area contributed by atoms with Crippen LogP contribution in [0.3, 0.4) is 0 Å². The van der Waals surface area contributed by atoms with E-state index in [0.29, 0.717) is 33.6 Å². The lowest BCUT2D eigenvalue weighted by Gasteiger charge is -2.17. The normalized spacial score (nSPS) is 12.0. The lowest BCUT2D eigenvalue weighted by molar-refractivity contribution is -0.145. The Bertz CT molecular complexity index is 886. The second-order valence-corrected chi connectivity index (χ2v) is 5.98. The third kappa shape index (κ3) is 3.67. The van der Waals surface area contributed by atoms with E-state index in [9.17, 15) is 9.90 Å². The van der Waals surface area contributed by atoms with Crippen LogP contribution in [0.15, 0.2) is 52.9 Å². The predicted octanol–water partition coefficient (Wildman–Crippen LogP) is 4.82. The molecule has 3 rings (SSSR count). The molecule has 0 aliphatic heterocycles. The topological polar surface area (TPSA) is 72.6 Å². The van der Waals surface area contributed by atoms with Gasteiger partial charge in [0.05, 0.1) is 11.3 Å². The fraction of sp³-hybridized carbons (Fsp3) is 0.158. The van der Waals surface area contributed by atoms with Crippen LogP contribution < -0.4 is 4.74 Å². The van der Waals surface area contributed by atoms with Gasteiger partial charge in [-0.15, -0.1) is 0 Å². The third-order valence-corrected chi connectivity index (χ3v) is 4.01. The minimum atomic E-state index is -1.15. The fourth-order valence-corrected chi connectivity index (χ4v) is 2.55. The second kappa shape index (κ2) is 6.99. The zero-order valence-electron chi connectivity index (χ0n) is 13.7. The Labute approximate surface area is 149 Å². The summed E-state index contributed by atoms with van der Waals surface area (Å²) in [6.07, 6.45) is -1.15. The van der Waals surface area contributed by atoms with E-state index in [1.807, 2.05) is 13.0 Å². The summed E-state index contributed by atoms with van der Waals surface area (Å²) in [6, 6.07) is 13.6. The first kappa shape index (κ1) is 17.0. The average molecular weight is 358 g/mol. The van der Waals surface area contributed by atoms with Crippen LogP contribution in [0.5, 0.6) is 5.75 Å². The molecule has 6 heteroatoms.